The number of nitrogens with one attached hydrogen (secondary N) is 1. The molecule has 164 valence electrons. The van der Waals surface area contributed by atoms with Crippen LogP contribution in [0.2, 0.25) is 0 Å². The summed E-state index contributed by atoms with van der Waals surface area (Å²) in [5.74, 6) is 1.87. The number of nitrogens with zero attached hydrogens (tertiary/aromatic N) is 3. The molecule has 0 saturated carbocycles. The Bertz CT molecular complexity index is 1170. The summed E-state index contributed by atoms with van der Waals surface area (Å²) in [5.41, 5.74) is 3.96. The first-order chi connectivity index (χ1) is 15.7. The average molecular weight is 429 g/mol. The monoisotopic (exact) mass is 428 g/mol. The first kappa shape index (κ1) is 21.6. The summed E-state index contributed by atoms with van der Waals surface area (Å²) in [4.78, 5) is 21.0. The third-order valence-electron chi connectivity index (χ3n) is 5.32. The molecule has 1 N–H and O–H groups in total. The Labute approximate surface area is 188 Å². The number of fused-ring (bicyclic) bond motifs is 1. The van der Waals surface area contributed by atoms with Gasteiger partial charge in [-0.25, -0.2) is 4.98 Å². The number of ether oxygens (including phenoxy) is 1. The van der Waals surface area contributed by atoms with E-state index >= 15 is 0 Å². The lowest BCUT2D eigenvalue weighted by Gasteiger charge is -2.11. The minimum Gasteiger partial charge on any atom is -0.494 e. The number of carbonyl (C=O) groups is 1. The second kappa shape index (κ2) is 10.6. The van der Waals surface area contributed by atoms with E-state index in [4.69, 9.17) is 9.72 Å². The molecular formula is C26H28N4O2. The van der Waals surface area contributed by atoms with Gasteiger partial charge in [0.15, 0.2) is 0 Å². The van der Waals surface area contributed by atoms with Crippen molar-refractivity contribution in [2.45, 2.75) is 32.7 Å². The maximum atomic E-state index is 12.2. The smallest absolute Gasteiger partial charge is 0.251 e. The van der Waals surface area contributed by atoms with E-state index in [1.807, 2.05) is 30.3 Å². The van der Waals surface area contributed by atoms with Crippen molar-refractivity contribution in [1.82, 2.24) is 19.9 Å². The standard InChI is InChI=1S/C26H28N4O2/c1-20-7-4-8-22(19-20)32-18-6-17-30-24-10-3-2-9-23(24)29-25(30)11-5-14-28-26(31)21-12-15-27-16-13-21/h2-4,7-10,12-13,15-16,19H,5-6,11,14,17-18H2,1H3,(H,28,31). The van der Waals surface area contributed by atoms with Gasteiger partial charge in [-0.3, -0.25) is 9.78 Å². The number of rotatable bonds is 10. The molecule has 0 bridgehead atoms. The maximum Gasteiger partial charge on any atom is 0.251 e. The van der Waals surface area contributed by atoms with Crippen LogP contribution in [-0.4, -0.2) is 33.6 Å². The van der Waals surface area contributed by atoms with Crippen molar-refractivity contribution in [3.05, 3.63) is 90.0 Å². The number of amides is 1. The van der Waals surface area contributed by atoms with Gasteiger partial charge in [0.1, 0.15) is 11.6 Å². The Morgan fingerprint density at radius 2 is 1.88 bits per heavy atom. The molecule has 0 atom stereocenters. The molecule has 0 spiro atoms. The lowest BCUT2D eigenvalue weighted by molar-refractivity contribution is 0.0953. The van der Waals surface area contributed by atoms with Crippen molar-refractivity contribution >= 4 is 16.9 Å². The predicted molar refractivity (Wildman–Crippen MR) is 126 cm³/mol. The van der Waals surface area contributed by atoms with Crippen molar-refractivity contribution in [3.8, 4) is 5.75 Å². The summed E-state index contributed by atoms with van der Waals surface area (Å²) < 4.78 is 8.20. The van der Waals surface area contributed by atoms with Crippen molar-refractivity contribution in [1.29, 1.82) is 0 Å². The summed E-state index contributed by atoms with van der Waals surface area (Å²) in [6.45, 7) is 4.15. The van der Waals surface area contributed by atoms with Crippen molar-refractivity contribution < 1.29 is 9.53 Å². The lowest BCUT2D eigenvalue weighted by Crippen LogP contribution is -2.25. The fraction of sp³-hybridized carbons (Fsp3) is 0.269. The summed E-state index contributed by atoms with van der Waals surface area (Å²) in [5, 5.41) is 2.97. The summed E-state index contributed by atoms with van der Waals surface area (Å²) in [6, 6.07) is 19.8. The fourth-order valence-electron chi connectivity index (χ4n) is 3.74. The molecule has 0 unspecified atom stereocenters. The van der Waals surface area contributed by atoms with Crippen LogP contribution in [-0.2, 0) is 13.0 Å². The van der Waals surface area contributed by atoms with E-state index < -0.39 is 0 Å². The van der Waals surface area contributed by atoms with Crippen LogP contribution in [0.15, 0.2) is 73.1 Å². The molecule has 0 aliphatic rings. The molecular weight excluding hydrogens is 400 g/mol. The van der Waals surface area contributed by atoms with E-state index in [0.29, 0.717) is 18.7 Å². The van der Waals surface area contributed by atoms with Crippen LogP contribution in [0.4, 0.5) is 0 Å². The van der Waals surface area contributed by atoms with Gasteiger partial charge in [0.2, 0.25) is 0 Å². The normalized spacial score (nSPS) is 10.9. The second-order valence-corrected chi connectivity index (χ2v) is 7.78. The molecule has 32 heavy (non-hydrogen) atoms. The fourth-order valence-corrected chi connectivity index (χ4v) is 3.74. The van der Waals surface area contributed by atoms with E-state index in [9.17, 15) is 4.79 Å². The Kier molecular flexibility index (Phi) is 7.12. The van der Waals surface area contributed by atoms with Crippen LogP contribution in [0, 0.1) is 6.92 Å². The third kappa shape index (κ3) is 5.52. The van der Waals surface area contributed by atoms with Gasteiger partial charge in [-0.05, 0) is 61.7 Å². The molecule has 0 fully saturated rings. The summed E-state index contributed by atoms with van der Waals surface area (Å²) >= 11 is 0. The Morgan fingerprint density at radius 1 is 1.03 bits per heavy atom. The summed E-state index contributed by atoms with van der Waals surface area (Å²) in [6.07, 6.45) is 5.75. The van der Waals surface area contributed by atoms with Gasteiger partial charge >= 0.3 is 0 Å². The van der Waals surface area contributed by atoms with Crippen LogP contribution < -0.4 is 10.1 Å². The minimum absolute atomic E-state index is 0.0748. The van der Waals surface area contributed by atoms with Gasteiger partial charge in [0.05, 0.1) is 17.6 Å². The number of hydrogen-bond donors (Lipinski definition) is 1. The molecule has 2 aromatic carbocycles. The third-order valence-corrected chi connectivity index (χ3v) is 5.32. The highest BCUT2D eigenvalue weighted by Crippen LogP contribution is 2.18. The zero-order valence-electron chi connectivity index (χ0n) is 18.3. The number of aryl methyl sites for hydroxylation is 3. The van der Waals surface area contributed by atoms with Crippen LogP contribution in [0.1, 0.15) is 34.6 Å². The van der Waals surface area contributed by atoms with Crippen molar-refractivity contribution in [2.24, 2.45) is 0 Å². The molecule has 0 aliphatic carbocycles. The number of pyridine rings is 1. The largest absolute Gasteiger partial charge is 0.494 e. The molecule has 4 rings (SSSR count). The van der Waals surface area contributed by atoms with Gasteiger partial charge < -0.3 is 14.6 Å². The molecule has 1 amide bonds. The van der Waals surface area contributed by atoms with Gasteiger partial charge in [0.25, 0.3) is 5.91 Å². The van der Waals surface area contributed by atoms with Gasteiger partial charge in [0, 0.05) is 37.5 Å². The van der Waals surface area contributed by atoms with E-state index in [2.05, 4.69) is 40.0 Å². The molecule has 6 nitrogen and oxygen atoms in total. The first-order valence-corrected chi connectivity index (χ1v) is 11.0. The predicted octanol–water partition coefficient (Wildman–Crippen LogP) is 4.57. The van der Waals surface area contributed by atoms with E-state index in [0.717, 1.165) is 48.4 Å². The molecule has 6 heteroatoms. The average Bonchev–Trinajstić information content (AvgIpc) is 3.17. The van der Waals surface area contributed by atoms with E-state index in [-0.39, 0.29) is 5.91 Å². The Morgan fingerprint density at radius 3 is 2.72 bits per heavy atom. The van der Waals surface area contributed by atoms with Gasteiger partial charge in [-0.1, -0.05) is 24.3 Å². The quantitative estimate of drug-likeness (QED) is 0.376. The molecule has 2 heterocycles. The number of aromatic nitrogens is 3. The maximum absolute atomic E-state index is 12.2. The molecule has 0 radical (unpaired) electrons. The minimum atomic E-state index is -0.0748. The number of benzene rings is 2. The van der Waals surface area contributed by atoms with Crippen LogP contribution >= 0.6 is 0 Å². The number of imidazole rings is 1. The molecule has 4 aromatic rings. The van der Waals surface area contributed by atoms with E-state index in [1.54, 1.807) is 24.5 Å². The Hall–Kier alpha value is -3.67. The highest BCUT2D eigenvalue weighted by atomic mass is 16.5. The van der Waals surface area contributed by atoms with Crippen LogP contribution in [0.5, 0.6) is 5.75 Å². The first-order valence-electron chi connectivity index (χ1n) is 11.0. The van der Waals surface area contributed by atoms with Crippen LogP contribution in [0.3, 0.4) is 0 Å². The highest BCUT2D eigenvalue weighted by Gasteiger charge is 2.11. The number of para-hydroxylation sites is 2. The highest BCUT2D eigenvalue weighted by molar-refractivity contribution is 5.93. The van der Waals surface area contributed by atoms with Crippen LogP contribution in [0.25, 0.3) is 11.0 Å². The van der Waals surface area contributed by atoms with E-state index in [1.165, 1.54) is 5.56 Å². The van der Waals surface area contributed by atoms with Gasteiger partial charge in [-0.2, -0.15) is 0 Å². The van der Waals surface area contributed by atoms with Crippen molar-refractivity contribution in [3.63, 3.8) is 0 Å². The zero-order valence-corrected chi connectivity index (χ0v) is 18.3. The number of hydrogen-bond acceptors (Lipinski definition) is 4. The topological polar surface area (TPSA) is 69.0 Å². The molecule has 0 saturated heterocycles. The molecule has 2 aromatic heterocycles. The zero-order chi connectivity index (χ0) is 22.2. The Balaban J connectivity index is 1.33. The number of carbonyl (C=O) groups excluding carboxylic acids is 1. The summed E-state index contributed by atoms with van der Waals surface area (Å²) in [7, 11) is 0. The van der Waals surface area contributed by atoms with Gasteiger partial charge in [-0.15, -0.1) is 0 Å². The molecule has 0 aliphatic heterocycles. The van der Waals surface area contributed by atoms with Crippen molar-refractivity contribution in [2.75, 3.05) is 13.2 Å². The second-order valence-electron chi connectivity index (χ2n) is 7.78. The SMILES string of the molecule is Cc1cccc(OCCCn2c(CCCNC(=O)c3ccncc3)nc3ccccc32)c1. The lowest BCUT2D eigenvalue weighted by atomic mass is 10.2.